The van der Waals surface area contributed by atoms with Gasteiger partial charge in [-0.05, 0) is 0 Å². The summed E-state index contributed by atoms with van der Waals surface area (Å²) in [6.07, 6.45) is -6.34. The molecule has 0 aromatic rings. The van der Waals surface area contributed by atoms with E-state index in [1.807, 2.05) is 0 Å². The van der Waals surface area contributed by atoms with Gasteiger partial charge < -0.3 is 9.84 Å². The number of rotatable bonds is 0. The van der Waals surface area contributed by atoms with Gasteiger partial charge in [0.2, 0.25) is 0 Å². The summed E-state index contributed by atoms with van der Waals surface area (Å²) in [5, 5.41) is 8.95. The van der Waals surface area contributed by atoms with Crippen molar-refractivity contribution in [2.45, 2.75) is 24.6 Å². The van der Waals surface area contributed by atoms with Crippen LogP contribution in [0.3, 0.4) is 0 Å². The molecule has 1 aliphatic rings. The Balaban J connectivity index is 2.77. The Hall–Kier alpha value is -0.780. The van der Waals surface area contributed by atoms with Crippen LogP contribution in [0.5, 0.6) is 0 Å². The highest BCUT2D eigenvalue weighted by Crippen LogP contribution is 2.37. The van der Waals surface area contributed by atoms with Crippen molar-refractivity contribution in [1.82, 2.24) is 0 Å². The van der Waals surface area contributed by atoms with E-state index in [1.54, 1.807) is 0 Å². The Labute approximate surface area is 66.1 Å². The van der Waals surface area contributed by atoms with Gasteiger partial charge in [-0.1, -0.05) is 0 Å². The summed E-state index contributed by atoms with van der Waals surface area (Å²) in [6, 6.07) is 0. The topological polar surface area (TPSA) is 46.5 Å². The minimum absolute atomic E-state index is 0.380. The van der Waals surface area contributed by atoms with Gasteiger partial charge in [0.1, 0.15) is 0 Å². The SMILES string of the molecule is O=C1CC(O)(C(F)(F)F)CCO1. The van der Waals surface area contributed by atoms with Crippen LogP contribution in [0.4, 0.5) is 13.2 Å². The number of aliphatic hydroxyl groups is 1. The van der Waals surface area contributed by atoms with Crippen LogP contribution in [-0.2, 0) is 9.53 Å². The predicted molar refractivity (Wildman–Crippen MR) is 31.2 cm³/mol. The molecule has 1 atom stereocenters. The molecular weight excluding hydrogens is 177 g/mol. The molecular formula is C6H7F3O3. The standard InChI is InChI=1S/C6H7F3O3/c7-6(8,9)5(11)1-2-12-4(10)3-5/h11H,1-3H2. The van der Waals surface area contributed by atoms with Gasteiger partial charge in [0, 0.05) is 6.42 Å². The Morgan fingerprint density at radius 1 is 1.50 bits per heavy atom. The molecule has 0 aliphatic carbocycles. The van der Waals surface area contributed by atoms with Crippen molar-refractivity contribution < 1.29 is 27.8 Å². The number of cyclic esters (lactones) is 1. The lowest BCUT2D eigenvalue weighted by molar-refractivity contribution is -0.275. The Morgan fingerprint density at radius 3 is 2.42 bits per heavy atom. The van der Waals surface area contributed by atoms with E-state index in [0.29, 0.717) is 0 Å². The molecule has 1 aliphatic heterocycles. The molecule has 0 aromatic heterocycles. The van der Waals surface area contributed by atoms with Crippen LogP contribution in [0, 0.1) is 0 Å². The van der Waals surface area contributed by atoms with E-state index < -0.39 is 30.6 Å². The van der Waals surface area contributed by atoms with Gasteiger partial charge in [-0.3, -0.25) is 4.79 Å². The summed E-state index contributed by atoms with van der Waals surface area (Å²) in [6.45, 7) is -0.380. The first kappa shape index (κ1) is 9.31. The highest BCUT2D eigenvalue weighted by atomic mass is 19.4. The summed E-state index contributed by atoms with van der Waals surface area (Å²) < 4.78 is 40.4. The molecule has 1 rings (SSSR count). The number of carbonyl (C=O) groups excluding carboxylic acids is 1. The maximum Gasteiger partial charge on any atom is 0.417 e. The summed E-state index contributed by atoms with van der Waals surface area (Å²) >= 11 is 0. The molecule has 0 amide bonds. The van der Waals surface area contributed by atoms with E-state index in [4.69, 9.17) is 5.11 Å². The maximum absolute atomic E-state index is 12.0. The molecule has 0 spiro atoms. The van der Waals surface area contributed by atoms with Crippen LogP contribution in [0.2, 0.25) is 0 Å². The fourth-order valence-corrected chi connectivity index (χ4v) is 0.954. The molecule has 3 nitrogen and oxygen atoms in total. The van der Waals surface area contributed by atoms with Gasteiger partial charge in [0.15, 0.2) is 5.60 Å². The molecule has 0 aromatic carbocycles. The van der Waals surface area contributed by atoms with E-state index >= 15 is 0 Å². The molecule has 1 fully saturated rings. The van der Waals surface area contributed by atoms with Crippen molar-refractivity contribution >= 4 is 5.97 Å². The quantitative estimate of drug-likeness (QED) is 0.561. The molecule has 0 bridgehead atoms. The molecule has 0 saturated carbocycles. The van der Waals surface area contributed by atoms with E-state index in [1.165, 1.54) is 0 Å². The van der Waals surface area contributed by atoms with Gasteiger partial charge in [-0.2, -0.15) is 13.2 Å². The normalized spacial score (nSPS) is 31.5. The fraction of sp³-hybridized carbons (Fsp3) is 0.833. The van der Waals surface area contributed by atoms with Gasteiger partial charge in [0.05, 0.1) is 13.0 Å². The highest BCUT2D eigenvalue weighted by Gasteiger charge is 2.56. The number of esters is 1. The molecule has 1 heterocycles. The smallest absolute Gasteiger partial charge is 0.417 e. The van der Waals surface area contributed by atoms with Crippen molar-refractivity contribution in [2.24, 2.45) is 0 Å². The number of halogens is 3. The van der Waals surface area contributed by atoms with Gasteiger partial charge in [0.25, 0.3) is 0 Å². The number of alkyl halides is 3. The van der Waals surface area contributed by atoms with Crippen LogP contribution in [0.25, 0.3) is 0 Å². The van der Waals surface area contributed by atoms with Crippen LogP contribution < -0.4 is 0 Å². The first-order valence-corrected chi connectivity index (χ1v) is 3.30. The number of carbonyl (C=O) groups is 1. The lowest BCUT2D eigenvalue weighted by Crippen LogP contribution is -2.50. The summed E-state index contributed by atoms with van der Waals surface area (Å²) in [5.74, 6) is -1.01. The average Bonchev–Trinajstić information content (AvgIpc) is 1.83. The van der Waals surface area contributed by atoms with E-state index in [9.17, 15) is 18.0 Å². The Bertz CT molecular complexity index is 201. The number of hydrogen-bond donors (Lipinski definition) is 1. The largest absolute Gasteiger partial charge is 0.465 e. The fourth-order valence-electron chi connectivity index (χ4n) is 0.954. The molecule has 6 heteroatoms. The summed E-state index contributed by atoms with van der Waals surface area (Å²) in [7, 11) is 0. The third-order valence-electron chi connectivity index (χ3n) is 1.74. The lowest BCUT2D eigenvalue weighted by atomic mass is 9.93. The molecule has 12 heavy (non-hydrogen) atoms. The molecule has 70 valence electrons. The second-order valence-corrected chi connectivity index (χ2v) is 2.68. The van der Waals surface area contributed by atoms with Gasteiger partial charge in [-0.25, -0.2) is 0 Å². The maximum atomic E-state index is 12.0. The first-order valence-electron chi connectivity index (χ1n) is 3.30. The summed E-state index contributed by atoms with van der Waals surface area (Å²) in [4.78, 5) is 10.4. The van der Waals surface area contributed by atoms with Crippen molar-refractivity contribution in [3.05, 3.63) is 0 Å². The van der Waals surface area contributed by atoms with Crippen molar-refractivity contribution in [2.75, 3.05) is 6.61 Å². The van der Waals surface area contributed by atoms with Crippen molar-refractivity contribution in [3.63, 3.8) is 0 Å². The van der Waals surface area contributed by atoms with Crippen LogP contribution in [0.15, 0.2) is 0 Å². The van der Waals surface area contributed by atoms with Gasteiger partial charge >= 0.3 is 12.1 Å². The van der Waals surface area contributed by atoms with Crippen LogP contribution in [-0.4, -0.2) is 29.5 Å². The van der Waals surface area contributed by atoms with E-state index in [0.717, 1.165) is 0 Å². The minimum Gasteiger partial charge on any atom is -0.465 e. The third kappa shape index (κ3) is 1.52. The molecule has 1 N–H and O–H groups in total. The lowest BCUT2D eigenvalue weighted by Gasteiger charge is -2.32. The highest BCUT2D eigenvalue weighted by molar-refractivity contribution is 5.71. The molecule has 1 saturated heterocycles. The third-order valence-corrected chi connectivity index (χ3v) is 1.74. The number of hydrogen-bond acceptors (Lipinski definition) is 3. The van der Waals surface area contributed by atoms with Crippen LogP contribution in [0.1, 0.15) is 12.8 Å². The first-order chi connectivity index (χ1) is 5.35. The monoisotopic (exact) mass is 184 g/mol. The zero-order valence-corrected chi connectivity index (χ0v) is 6.02. The molecule has 0 radical (unpaired) electrons. The molecule has 1 unspecified atom stereocenters. The Morgan fingerprint density at radius 2 is 2.08 bits per heavy atom. The van der Waals surface area contributed by atoms with Gasteiger partial charge in [-0.15, -0.1) is 0 Å². The number of ether oxygens (including phenoxy) is 1. The minimum atomic E-state index is -4.76. The second kappa shape index (κ2) is 2.62. The summed E-state index contributed by atoms with van der Waals surface area (Å²) in [5.41, 5.74) is -2.89. The van der Waals surface area contributed by atoms with Crippen molar-refractivity contribution in [1.29, 1.82) is 0 Å². The average molecular weight is 184 g/mol. The Kier molecular flexibility index (Phi) is 2.03. The second-order valence-electron chi connectivity index (χ2n) is 2.68. The van der Waals surface area contributed by atoms with E-state index in [2.05, 4.69) is 4.74 Å². The predicted octanol–water partition coefficient (Wildman–Crippen LogP) is 0.617. The van der Waals surface area contributed by atoms with Crippen LogP contribution >= 0.6 is 0 Å². The zero-order valence-electron chi connectivity index (χ0n) is 6.02. The van der Waals surface area contributed by atoms with Crippen molar-refractivity contribution in [3.8, 4) is 0 Å². The zero-order chi connectivity index (χ0) is 9.41. The van der Waals surface area contributed by atoms with E-state index in [-0.39, 0.29) is 6.61 Å².